The van der Waals surface area contributed by atoms with Gasteiger partial charge in [0, 0.05) is 36.0 Å². The van der Waals surface area contributed by atoms with E-state index in [1.807, 2.05) is 0 Å². The highest BCUT2D eigenvalue weighted by Crippen LogP contribution is 2.21. The number of anilines is 1. The van der Waals surface area contributed by atoms with E-state index in [0.717, 1.165) is 0 Å². The summed E-state index contributed by atoms with van der Waals surface area (Å²) in [6.07, 6.45) is -1.37. The van der Waals surface area contributed by atoms with E-state index in [4.69, 9.17) is 14.6 Å². The van der Waals surface area contributed by atoms with Gasteiger partial charge in [-0.15, -0.1) is 0 Å². The second-order valence-electron chi connectivity index (χ2n) is 7.63. The Kier molecular flexibility index (Phi) is 8.87. The Balaban J connectivity index is 2.11. The molecule has 2 aromatic rings. The molecule has 1 aromatic carbocycles. The Bertz CT molecular complexity index is 1170. The van der Waals surface area contributed by atoms with Crippen LogP contribution in [0.1, 0.15) is 38.2 Å². The van der Waals surface area contributed by atoms with Crippen LogP contribution >= 0.6 is 0 Å². The summed E-state index contributed by atoms with van der Waals surface area (Å²) in [6, 6.07) is 3.63. The lowest BCUT2D eigenvalue weighted by atomic mass is 10.1. The van der Waals surface area contributed by atoms with Gasteiger partial charge in [0.2, 0.25) is 17.7 Å². The Hall–Kier alpha value is -4.22. The van der Waals surface area contributed by atoms with Gasteiger partial charge in [-0.1, -0.05) is 0 Å². The van der Waals surface area contributed by atoms with Crippen molar-refractivity contribution in [3.63, 3.8) is 0 Å². The first kappa shape index (κ1) is 26.0. The summed E-state index contributed by atoms with van der Waals surface area (Å²) in [6.45, 7) is 3.07. The number of aliphatic carboxylic acids is 2. The van der Waals surface area contributed by atoms with Crippen LogP contribution in [0.5, 0.6) is 0 Å². The van der Waals surface area contributed by atoms with Crippen molar-refractivity contribution in [2.45, 2.75) is 51.6 Å². The first-order chi connectivity index (χ1) is 16.0. The van der Waals surface area contributed by atoms with Crippen LogP contribution in [0, 0.1) is 6.92 Å². The SMILES string of the molecule is Cc1cc(=O)oc2cc(NC(=O)[C@H](CCC(=O)O)NC(=O)[C@H](C)NC(=O)CCC(=O)O)ccc12. The van der Waals surface area contributed by atoms with E-state index in [1.54, 1.807) is 19.1 Å². The molecule has 12 heteroatoms. The van der Waals surface area contributed by atoms with Crippen LogP contribution in [0.4, 0.5) is 5.69 Å². The second-order valence-corrected chi connectivity index (χ2v) is 7.63. The van der Waals surface area contributed by atoms with Crippen LogP contribution < -0.4 is 21.6 Å². The zero-order valence-electron chi connectivity index (χ0n) is 18.5. The van der Waals surface area contributed by atoms with Gasteiger partial charge in [0.1, 0.15) is 17.7 Å². The lowest BCUT2D eigenvalue weighted by molar-refractivity contribution is -0.139. The molecule has 3 amide bonds. The Morgan fingerprint density at radius 2 is 1.62 bits per heavy atom. The van der Waals surface area contributed by atoms with Crippen LogP contribution in [-0.2, 0) is 24.0 Å². The van der Waals surface area contributed by atoms with Crippen LogP contribution in [0.3, 0.4) is 0 Å². The van der Waals surface area contributed by atoms with E-state index in [0.29, 0.717) is 10.9 Å². The van der Waals surface area contributed by atoms with Gasteiger partial charge in [-0.3, -0.25) is 24.0 Å². The molecular weight excluding hydrogens is 450 g/mol. The molecule has 1 heterocycles. The third-order valence-electron chi connectivity index (χ3n) is 4.84. The van der Waals surface area contributed by atoms with Gasteiger partial charge in [0.25, 0.3) is 0 Å². The third-order valence-corrected chi connectivity index (χ3v) is 4.84. The largest absolute Gasteiger partial charge is 0.481 e. The summed E-state index contributed by atoms with van der Waals surface area (Å²) in [4.78, 5) is 70.2. The summed E-state index contributed by atoms with van der Waals surface area (Å²) < 4.78 is 5.14. The number of benzene rings is 1. The van der Waals surface area contributed by atoms with Gasteiger partial charge >= 0.3 is 17.6 Å². The molecular formula is C22H25N3O9. The van der Waals surface area contributed by atoms with Gasteiger partial charge in [0.05, 0.1) is 6.42 Å². The first-order valence-corrected chi connectivity index (χ1v) is 10.3. The number of rotatable bonds is 11. The molecule has 0 saturated heterocycles. The van der Waals surface area contributed by atoms with Crippen LogP contribution in [0.2, 0.25) is 0 Å². The quantitative estimate of drug-likeness (QED) is 0.292. The molecule has 2 rings (SSSR count). The number of aryl methyl sites for hydroxylation is 1. The number of fused-ring (bicyclic) bond motifs is 1. The monoisotopic (exact) mass is 475 g/mol. The van der Waals surface area contributed by atoms with Gasteiger partial charge in [-0.2, -0.15) is 0 Å². The maximum absolute atomic E-state index is 12.8. The number of carboxylic acids is 2. The van der Waals surface area contributed by atoms with E-state index >= 15 is 0 Å². The van der Waals surface area contributed by atoms with Crippen molar-refractivity contribution in [1.82, 2.24) is 10.6 Å². The van der Waals surface area contributed by atoms with Crippen molar-refractivity contribution >= 4 is 46.3 Å². The molecule has 0 saturated carbocycles. The summed E-state index contributed by atoms with van der Waals surface area (Å²) in [7, 11) is 0. The predicted molar refractivity (Wildman–Crippen MR) is 119 cm³/mol. The average molecular weight is 475 g/mol. The van der Waals surface area contributed by atoms with E-state index in [9.17, 15) is 28.8 Å². The minimum absolute atomic E-state index is 0.228. The van der Waals surface area contributed by atoms with Crippen molar-refractivity contribution in [3.8, 4) is 0 Å². The van der Waals surface area contributed by atoms with Gasteiger partial charge in [-0.05, 0) is 38.0 Å². The molecule has 1 aromatic heterocycles. The maximum Gasteiger partial charge on any atom is 0.336 e. The highest BCUT2D eigenvalue weighted by Gasteiger charge is 2.25. The zero-order chi connectivity index (χ0) is 25.4. The summed E-state index contributed by atoms with van der Waals surface area (Å²) in [5.74, 6) is -4.47. The van der Waals surface area contributed by atoms with Crippen molar-refractivity contribution in [2.75, 3.05) is 5.32 Å². The van der Waals surface area contributed by atoms with Crippen molar-refractivity contribution in [1.29, 1.82) is 0 Å². The molecule has 2 atom stereocenters. The number of hydrogen-bond donors (Lipinski definition) is 5. The molecule has 0 spiro atoms. The van der Waals surface area contributed by atoms with E-state index < -0.39 is 60.2 Å². The summed E-state index contributed by atoms with van der Waals surface area (Å²) in [5.41, 5.74) is 0.636. The minimum Gasteiger partial charge on any atom is -0.481 e. The van der Waals surface area contributed by atoms with Crippen LogP contribution in [-0.4, -0.2) is 52.0 Å². The molecule has 0 fully saturated rings. The zero-order valence-corrected chi connectivity index (χ0v) is 18.5. The van der Waals surface area contributed by atoms with E-state index in [2.05, 4.69) is 16.0 Å². The van der Waals surface area contributed by atoms with E-state index in [1.165, 1.54) is 19.1 Å². The molecule has 5 N–H and O–H groups in total. The Morgan fingerprint density at radius 3 is 2.26 bits per heavy atom. The molecule has 12 nitrogen and oxygen atoms in total. The maximum atomic E-state index is 12.8. The van der Waals surface area contributed by atoms with Crippen molar-refractivity contribution in [2.24, 2.45) is 0 Å². The fraction of sp³-hybridized carbons (Fsp3) is 0.364. The fourth-order valence-corrected chi connectivity index (χ4v) is 3.07. The van der Waals surface area contributed by atoms with Gasteiger partial charge < -0.3 is 30.6 Å². The van der Waals surface area contributed by atoms with Crippen molar-refractivity contribution in [3.05, 3.63) is 40.2 Å². The number of hydrogen-bond acceptors (Lipinski definition) is 7. The topological polar surface area (TPSA) is 192 Å². The normalized spacial score (nSPS) is 12.4. The van der Waals surface area contributed by atoms with Gasteiger partial charge in [0.15, 0.2) is 0 Å². The molecule has 0 bridgehead atoms. The van der Waals surface area contributed by atoms with Crippen molar-refractivity contribution < 1.29 is 38.6 Å². The number of nitrogens with one attached hydrogen (secondary N) is 3. The number of carbonyl (C=O) groups excluding carboxylic acids is 3. The highest BCUT2D eigenvalue weighted by molar-refractivity contribution is 5.99. The lowest BCUT2D eigenvalue weighted by Crippen LogP contribution is -2.51. The third kappa shape index (κ3) is 7.73. The first-order valence-electron chi connectivity index (χ1n) is 10.3. The predicted octanol–water partition coefficient (Wildman–Crippen LogP) is 0.759. The molecule has 0 radical (unpaired) electrons. The molecule has 182 valence electrons. The smallest absolute Gasteiger partial charge is 0.336 e. The molecule has 0 aliphatic carbocycles. The average Bonchev–Trinajstić information content (AvgIpc) is 2.74. The lowest BCUT2D eigenvalue weighted by Gasteiger charge is -2.21. The number of carboxylic acid groups (broad SMARTS) is 2. The highest BCUT2D eigenvalue weighted by atomic mass is 16.4. The molecule has 0 unspecified atom stereocenters. The Labute approximate surface area is 193 Å². The van der Waals surface area contributed by atoms with Gasteiger partial charge in [-0.25, -0.2) is 4.79 Å². The molecule has 0 aliphatic heterocycles. The van der Waals surface area contributed by atoms with Crippen LogP contribution in [0.15, 0.2) is 33.5 Å². The van der Waals surface area contributed by atoms with Crippen LogP contribution in [0.25, 0.3) is 11.0 Å². The Morgan fingerprint density at radius 1 is 0.941 bits per heavy atom. The summed E-state index contributed by atoms with van der Waals surface area (Å²) in [5, 5.41) is 25.5. The number of carbonyl (C=O) groups is 5. The summed E-state index contributed by atoms with van der Waals surface area (Å²) >= 11 is 0. The molecule has 34 heavy (non-hydrogen) atoms. The minimum atomic E-state index is -1.25. The second kappa shape index (κ2) is 11.6. The number of amides is 3. The van der Waals surface area contributed by atoms with E-state index in [-0.39, 0.29) is 24.1 Å². The molecule has 0 aliphatic rings. The standard InChI is InChI=1S/C22H25N3O9/c1-11-9-20(31)34-16-10-13(3-4-14(11)16)24-22(33)15(5-7-18(27)28)25-21(32)12(2)23-17(26)6-8-19(29)30/h3-4,9-10,12,15H,5-8H2,1-2H3,(H,23,26)(H,24,33)(H,25,32)(H,27,28)(H,29,30)/t12-,15-/m0/s1. The fourth-order valence-electron chi connectivity index (χ4n) is 3.07.